The monoisotopic (exact) mass is 378 g/mol. The number of ether oxygens (including phenoxy) is 4. The molecule has 0 aromatic heterocycles. The number of hydrogen-bond acceptors (Lipinski definition) is 6. The Morgan fingerprint density at radius 1 is 0.714 bits per heavy atom. The van der Waals surface area contributed by atoms with Crippen molar-refractivity contribution in [1.82, 2.24) is 0 Å². The molecule has 0 aliphatic heterocycles. The van der Waals surface area contributed by atoms with Gasteiger partial charge in [0.05, 0.1) is 0 Å². The highest BCUT2D eigenvalue weighted by atomic mass is 16.7. The van der Waals surface area contributed by atoms with Crippen LogP contribution in [0.25, 0.3) is 0 Å². The van der Waals surface area contributed by atoms with Crippen LogP contribution in [0.15, 0.2) is 73.8 Å². The fraction of sp³-hybridized carbons (Fsp3) is 0.0909. The van der Waals surface area contributed by atoms with Gasteiger partial charge in [-0.25, -0.2) is 9.59 Å². The summed E-state index contributed by atoms with van der Waals surface area (Å²) in [6.45, 7) is 6.23. The van der Waals surface area contributed by atoms with E-state index in [4.69, 9.17) is 18.9 Å². The molecule has 0 saturated carbocycles. The summed E-state index contributed by atoms with van der Waals surface area (Å²) in [5, 5.41) is 0. The van der Waals surface area contributed by atoms with Crippen LogP contribution in [-0.4, -0.2) is 25.5 Å². The van der Waals surface area contributed by atoms with E-state index in [1.807, 2.05) is 0 Å². The molecule has 6 heteroatoms. The van der Waals surface area contributed by atoms with Crippen molar-refractivity contribution in [3.63, 3.8) is 0 Å². The topological polar surface area (TPSA) is 71.1 Å². The zero-order valence-corrected chi connectivity index (χ0v) is 15.1. The molecule has 0 bridgehead atoms. The van der Waals surface area contributed by atoms with Gasteiger partial charge in [0.25, 0.3) is 0 Å². The highest BCUT2D eigenvalue weighted by Gasteiger charge is 1.98. The van der Waals surface area contributed by atoms with Crippen molar-refractivity contribution < 1.29 is 28.5 Å². The Kier molecular flexibility index (Phi) is 7.91. The smallest absolute Gasteiger partial charge is 0.333 e. The van der Waals surface area contributed by atoms with Crippen LogP contribution in [-0.2, 0) is 19.1 Å². The Morgan fingerprint density at radius 2 is 1.07 bits per heavy atom. The molecule has 0 unspecified atom stereocenters. The van der Waals surface area contributed by atoms with Crippen LogP contribution in [0.3, 0.4) is 0 Å². The van der Waals surface area contributed by atoms with E-state index < -0.39 is 11.9 Å². The van der Waals surface area contributed by atoms with Crippen LogP contribution >= 0.6 is 0 Å². The van der Waals surface area contributed by atoms with E-state index in [0.717, 1.165) is 23.3 Å². The first-order valence-electron chi connectivity index (χ1n) is 8.17. The van der Waals surface area contributed by atoms with Gasteiger partial charge in [0, 0.05) is 23.3 Å². The van der Waals surface area contributed by atoms with E-state index >= 15 is 0 Å². The van der Waals surface area contributed by atoms with Crippen LogP contribution in [0.2, 0.25) is 0 Å². The van der Waals surface area contributed by atoms with Gasteiger partial charge in [0.15, 0.2) is 0 Å². The zero-order chi connectivity index (χ0) is 20.2. The largest absolute Gasteiger partial charge is 0.457 e. The van der Waals surface area contributed by atoms with E-state index in [2.05, 4.69) is 25.0 Å². The van der Waals surface area contributed by atoms with Crippen molar-refractivity contribution in [3.05, 3.63) is 85.0 Å². The molecular formula is C22H18O6. The summed E-state index contributed by atoms with van der Waals surface area (Å²) in [6, 6.07) is 14.1. The number of rotatable bonds is 8. The van der Waals surface area contributed by atoms with Gasteiger partial charge in [-0.2, -0.15) is 0 Å². The first kappa shape index (κ1) is 20.3. The minimum absolute atomic E-state index is 0.183. The Labute approximate surface area is 163 Å². The second kappa shape index (κ2) is 10.9. The van der Waals surface area contributed by atoms with Gasteiger partial charge in [0.1, 0.15) is 11.5 Å². The normalized spacial score (nSPS) is 9.29. The molecule has 142 valence electrons. The van der Waals surface area contributed by atoms with Crippen molar-refractivity contribution in [1.29, 1.82) is 0 Å². The summed E-state index contributed by atoms with van der Waals surface area (Å²) in [6.07, 6.45) is 2.14. The predicted molar refractivity (Wildman–Crippen MR) is 102 cm³/mol. The summed E-state index contributed by atoms with van der Waals surface area (Å²) in [7, 11) is 0. The van der Waals surface area contributed by atoms with E-state index in [-0.39, 0.29) is 13.6 Å². The molecule has 0 heterocycles. The lowest BCUT2D eigenvalue weighted by molar-refractivity contribution is -0.145. The van der Waals surface area contributed by atoms with Gasteiger partial charge in [-0.05, 0) is 48.5 Å². The van der Waals surface area contributed by atoms with Gasteiger partial charge in [-0.15, -0.1) is 0 Å². The molecule has 0 aliphatic carbocycles. The molecule has 6 nitrogen and oxygen atoms in total. The molecular weight excluding hydrogens is 360 g/mol. The average Bonchev–Trinajstić information content (AvgIpc) is 2.73. The highest BCUT2D eigenvalue weighted by Crippen LogP contribution is 2.13. The van der Waals surface area contributed by atoms with Gasteiger partial charge < -0.3 is 18.9 Å². The second-order valence-corrected chi connectivity index (χ2v) is 5.16. The van der Waals surface area contributed by atoms with E-state index in [1.165, 1.54) is 0 Å². The molecule has 2 aromatic rings. The summed E-state index contributed by atoms with van der Waals surface area (Å²) < 4.78 is 20.0. The molecule has 0 radical (unpaired) electrons. The SMILES string of the molecule is C=CC(=O)OCOc1ccc(C#Cc2ccc(OCOC(=O)C=C)cc2)cc1. The van der Waals surface area contributed by atoms with Crippen LogP contribution in [0.4, 0.5) is 0 Å². The Bertz CT molecular complexity index is 812. The lowest BCUT2D eigenvalue weighted by Crippen LogP contribution is -2.07. The Morgan fingerprint density at radius 3 is 1.39 bits per heavy atom. The number of hydrogen-bond donors (Lipinski definition) is 0. The van der Waals surface area contributed by atoms with Crippen molar-refractivity contribution in [3.8, 4) is 23.3 Å². The molecule has 2 rings (SSSR count). The fourth-order valence-corrected chi connectivity index (χ4v) is 1.84. The van der Waals surface area contributed by atoms with Crippen LogP contribution < -0.4 is 9.47 Å². The summed E-state index contributed by atoms with van der Waals surface area (Å²) in [5.74, 6) is 6.09. The zero-order valence-electron chi connectivity index (χ0n) is 15.1. The van der Waals surface area contributed by atoms with Gasteiger partial charge >= 0.3 is 11.9 Å². The molecule has 2 aromatic carbocycles. The average molecular weight is 378 g/mol. The minimum Gasteiger partial charge on any atom is -0.457 e. The van der Waals surface area contributed by atoms with Crippen molar-refractivity contribution in [2.75, 3.05) is 13.6 Å². The van der Waals surface area contributed by atoms with Crippen molar-refractivity contribution in [2.45, 2.75) is 0 Å². The molecule has 0 atom stereocenters. The van der Waals surface area contributed by atoms with Crippen LogP contribution in [0, 0.1) is 11.8 Å². The van der Waals surface area contributed by atoms with Gasteiger partial charge in [-0.1, -0.05) is 25.0 Å². The maximum Gasteiger partial charge on any atom is 0.333 e. The van der Waals surface area contributed by atoms with Crippen molar-refractivity contribution in [2.24, 2.45) is 0 Å². The van der Waals surface area contributed by atoms with Crippen molar-refractivity contribution >= 4 is 11.9 Å². The molecule has 0 saturated heterocycles. The quantitative estimate of drug-likeness (QED) is 0.304. The van der Waals surface area contributed by atoms with E-state index in [9.17, 15) is 9.59 Å². The number of benzene rings is 2. The van der Waals surface area contributed by atoms with E-state index in [1.54, 1.807) is 48.5 Å². The third-order valence-electron chi connectivity index (χ3n) is 3.25. The Balaban J connectivity index is 1.85. The van der Waals surface area contributed by atoms with Gasteiger partial charge in [-0.3, -0.25) is 0 Å². The molecule has 0 N–H and O–H groups in total. The third-order valence-corrected chi connectivity index (χ3v) is 3.25. The molecule has 0 aliphatic rings. The lowest BCUT2D eigenvalue weighted by atomic mass is 10.2. The lowest BCUT2D eigenvalue weighted by Gasteiger charge is -2.05. The maximum absolute atomic E-state index is 10.9. The van der Waals surface area contributed by atoms with E-state index in [0.29, 0.717) is 11.5 Å². The van der Waals surface area contributed by atoms with Crippen LogP contribution in [0.5, 0.6) is 11.5 Å². The highest BCUT2D eigenvalue weighted by molar-refractivity contribution is 5.81. The van der Waals surface area contributed by atoms with Crippen LogP contribution in [0.1, 0.15) is 11.1 Å². The standard InChI is InChI=1S/C22H18O6/c1-3-21(23)27-15-25-19-11-7-17(8-12-19)5-6-18-9-13-20(14-10-18)26-16-28-22(24)4-2/h3-4,7-14H,1-2,15-16H2. The molecule has 28 heavy (non-hydrogen) atoms. The predicted octanol–water partition coefficient (Wildman–Crippen LogP) is 3.22. The third kappa shape index (κ3) is 7.10. The minimum atomic E-state index is -0.545. The first-order chi connectivity index (χ1) is 13.6. The fourth-order valence-electron chi connectivity index (χ4n) is 1.84. The Hall–Kier alpha value is -3.98. The van der Waals surface area contributed by atoms with Gasteiger partial charge in [0.2, 0.25) is 13.6 Å². The second-order valence-electron chi connectivity index (χ2n) is 5.16. The number of carbonyl (C=O) groups excluding carboxylic acids is 2. The molecule has 0 spiro atoms. The summed E-state index contributed by atoms with van der Waals surface area (Å²) in [5.41, 5.74) is 1.60. The molecule has 0 fully saturated rings. The first-order valence-corrected chi connectivity index (χ1v) is 8.17. The molecule has 0 amide bonds. The number of carbonyl (C=O) groups is 2. The summed E-state index contributed by atoms with van der Waals surface area (Å²) >= 11 is 0. The summed E-state index contributed by atoms with van der Waals surface area (Å²) in [4.78, 5) is 21.8. The number of esters is 2. The maximum atomic E-state index is 10.9.